The van der Waals surface area contributed by atoms with Crippen molar-refractivity contribution in [2.24, 2.45) is 17.3 Å². The van der Waals surface area contributed by atoms with Gasteiger partial charge in [0.05, 0.1) is 6.10 Å². The molecule has 0 bridgehead atoms. The maximum absolute atomic E-state index is 13.0. The van der Waals surface area contributed by atoms with Gasteiger partial charge in [0.2, 0.25) is 0 Å². The minimum Gasteiger partial charge on any atom is -0.540 e. The van der Waals surface area contributed by atoms with Crippen LogP contribution < -0.4 is 0 Å². The molecular formula is C34H62O4Si2. The van der Waals surface area contributed by atoms with Gasteiger partial charge in [0.1, 0.15) is 11.2 Å². The van der Waals surface area contributed by atoms with Gasteiger partial charge in [-0.1, -0.05) is 91.5 Å². The van der Waals surface area contributed by atoms with Crippen molar-refractivity contribution < 1.29 is 18.8 Å². The van der Waals surface area contributed by atoms with Crippen molar-refractivity contribution in [3.63, 3.8) is 0 Å². The second-order valence-corrected chi connectivity index (χ2v) is 23.7. The van der Waals surface area contributed by atoms with Crippen LogP contribution in [0.2, 0.25) is 36.3 Å². The topological polar surface area (TPSA) is 55.8 Å². The third-order valence-electron chi connectivity index (χ3n) is 10.8. The second-order valence-electron chi connectivity index (χ2n) is 14.2. The molecule has 0 aliphatic heterocycles. The molecule has 0 aromatic carbocycles. The van der Waals surface area contributed by atoms with Crippen molar-refractivity contribution in [3.8, 4) is 0 Å². The average molecular weight is 591 g/mol. The number of carboxylic acid groups (broad SMARTS) is 1. The largest absolute Gasteiger partial charge is 0.540 e. The molecule has 2 aliphatic carbocycles. The summed E-state index contributed by atoms with van der Waals surface area (Å²) in [5.41, 5.74) is 4.02. The lowest BCUT2D eigenvalue weighted by atomic mass is 9.69. The highest BCUT2D eigenvalue weighted by molar-refractivity contribution is 6.74. The maximum Gasteiger partial charge on any atom is 0.317 e. The van der Waals surface area contributed by atoms with E-state index in [9.17, 15) is 9.90 Å². The van der Waals surface area contributed by atoms with E-state index in [1.165, 1.54) is 24.6 Å². The lowest BCUT2D eigenvalue weighted by molar-refractivity contribution is -0.151. The molecular weight excluding hydrogens is 529 g/mol. The summed E-state index contributed by atoms with van der Waals surface area (Å²) >= 11 is 0. The van der Waals surface area contributed by atoms with Gasteiger partial charge < -0.3 is 14.0 Å². The van der Waals surface area contributed by atoms with Crippen LogP contribution in [0.15, 0.2) is 29.2 Å². The lowest BCUT2D eigenvalue weighted by Crippen LogP contribution is -2.46. The van der Waals surface area contributed by atoms with Crippen LogP contribution in [0.25, 0.3) is 0 Å². The Kier molecular flexibility index (Phi) is 13.1. The number of carbonyl (C=O) groups is 1. The molecule has 0 aromatic heterocycles. The molecule has 0 amide bonds. The normalized spacial score (nSPS) is 22.3. The lowest BCUT2D eigenvalue weighted by Gasteiger charge is -2.43. The summed E-state index contributed by atoms with van der Waals surface area (Å²) in [5, 5.41) is 10.6. The van der Waals surface area contributed by atoms with Crippen LogP contribution >= 0.6 is 0 Å². The van der Waals surface area contributed by atoms with Crippen LogP contribution in [-0.2, 0) is 13.6 Å². The minimum absolute atomic E-state index is 0.0195. The van der Waals surface area contributed by atoms with E-state index < -0.39 is 28.0 Å². The Balaban J connectivity index is 2.40. The first-order chi connectivity index (χ1) is 18.7. The quantitative estimate of drug-likeness (QED) is 0.0892. The van der Waals surface area contributed by atoms with Gasteiger partial charge >= 0.3 is 5.97 Å². The summed E-state index contributed by atoms with van der Waals surface area (Å²) in [5.74, 6) is 0.327. The Morgan fingerprint density at radius 3 is 2.15 bits per heavy atom. The molecule has 1 N–H and O–H groups in total. The Morgan fingerprint density at radius 1 is 1.05 bits per heavy atom. The van der Waals surface area contributed by atoms with E-state index in [4.69, 9.17) is 8.85 Å². The Morgan fingerprint density at radius 2 is 1.65 bits per heavy atom. The Bertz CT molecular complexity index is 906. The molecule has 0 aromatic rings. The van der Waals surface area contributed by atoms with E-state index in [1.54, 1.807) is 5.57 Å². The fraction of sp³-hybridized carbons (Fsp3) is 0.824. The van der Waals surface area contributed by atoms with Gasteiger partial charge in [0.15, 0.2) is 8.32 Å². The summed E-state index contributed by atoms with van der Waals surface area (Å²) in [6.07, 6.45) is 15.3. The summed E-state index contributed by atoms with van der Waals surface area (Å²) in [6.45, 7) is 22.2. The van der Waals surface area contributed by atoms with E-state index in [1.807, 2.05) is 6.92 Å². The van der Waals surface area contributed by atoms with Gasteiger partial charge in [0, 0.05) is 5.92 Å². The third kappa shape index (κ3) is 8.27. The van der Waals surface area contributed by atoms with Crippen LogP contribution in [0.5, 0.6) is 0 Å². The number of carboxylic acids is 1. The Hall–Kier alpha value is -1.08. The molecule has 2 unspecified atom stereocenters. The van der Waals surface area contributed by atoms with Gasteiger partial charge in [-0.3, -0.25) is 4.79 Å². The summed E-state index contributed by atoms with van der Waals surface area (Å²) < 4.78 is 13.9. The Labute approximate surface area is 249 Å². The number of aliphatic carboxylic acids is 1. The van der Waals surface area contributed by atoms with Gasteiger partial charge in [-0.15, -0.1) is 0 Å². The first-order valence-electron chi connectivity index (χ1n) is 16.5. The smallest absolute Gasteiger partial charge is 0.317 e. The monoisotopic (exact) mass is 590 g/mol. The second kappa shape index (κ2) is 14.9. The van der Waals surface area contributed by atoms with Gasteiger partial charge in [-0.25, -0.2) is 0 Å². The standard InChI is InChI=1S/C34H62O4Si2/c1-11-20-27-25-26-30(37-40(12-2,13-3)14-4)29(27)23-18-19-24-31(38-39(9,10)33(5,6)7)34(8,32(35)36)28-21-16-15-17-22-28/h19,25,28-30H,11-18,20-23,26H2,1-10H3,(H,35,36)/t24?,29-,30?,34?/m1/s1. The van der Waals surface area contributed by atoms with Crippen LogP contribution in [0.1, 0.15) is 120 Å². The fourth-order valence-corrected chi connectivity index (χ4v) is 10.5. The molecule has 4 nitrogen and oxygen atoms in total. The van der Waals surface area contributed by atoms with Crippen LogP contribution in [0.4, 0.5) is 0 Å². The van der Waals surface area contributed by atoms with Crippen molar-refractivity contribution in [1.29, 1.82) is 0 Å². The minimum atomic E-state index is -2.25. The molecule has 6 heteroatoms. The van der Waals surface area contributed by atoms with Crippen molar-refractivity contribution in [2.45, 2.75) is 162 Å². The van der Waals surface area contributed by atoms with Crippen molar-refractivity contribution in [3.05, 3.63) is 29.2 Å². The van der Waals surface area contributed by atoms with E-state index in [-0.39, 0.29) is 11.0 Å². The van der Waals surface area contributed by atoms with E-state index in [0.717, 1.165) is 57.8 Å². The summed E-state index contributed by atoms with van der Waals surface area (Å²) in [6, 6.07) is 3.54. The fourth-order valence-electron chi connectivity index (χ4n) is 6.48. The molecule has 230 valence electrons. The number of hydrogen-bond acceptors (Lipinski definition) is 3. The van der Waals surface area contributed by atoms with Gasteiger partial charge in [-0.05, 0) is 93.7 Å². The highest BCUT2D eigenvalue weighted by Gasteiger charge is 2.50. The molecule has 0 spiro atoms. The zero-order valence-corrected chi connectivity index (χ0v) is 29.8. The first-order valence-corrected chi connectivity index (χ1v) is 21.9. The van der Waals surface area contributed by atoms with Crippen LogP contribution in [0.3, 0.4) is 0 Å². The van der Waals surface area contributed by atoms with Crippen molar-refractivity contribution in [2.75, 3.05) is 0 Å². The summed E-state index contributed by atoms with van der Waals surface area (Å²) in [4.78, 5) is 13.0. The maximum atomic E-state index is 13.0. The zero-order chi connectivity index (χ0) is 30.2. The molecule has 2 aliphatic rings. The number of hydrogen-bond donors (Lipinski definition) is 1. The van der Waals surface area contributed by atoms with Crippen molar-refractivity contribution >= 4 is 22.6 Å². The highest BCUT2D eigenvalue weighted by atomic mass is 28.4. The SMILES string of the molecule is CCCC1=CCC(O[Si](CC)(CC)CC)[C@@H]1CCC=C=C(O[Si](C)(C)C(C)(C)C)C(C)(C(=O)O)C1CCCCC1. The molecule has 0 heterocycles. The highest BCUT2D eigenvalue weighted by Crippen LogP contribution is 2.47. The molecule has 1 fully saturated rings. The first kappa shape index (κ1) is 35.1. The predicted octanol–water partition coefficient (Wildman–Crippen LogP) is 10.6. The van der Waals surface area contributed by atoms with Crippen LogP contribution in [0, 0.1) is 17.3 Å². The van der Waals surface area contributed by atoms with E-state index >= 15 is 0 Å². The van der Waals surface area contributed by atoms with E-state index in [2.05, 4.69) is 79.4 Å². The molecule has 0 saturated heterocycles. The molecule has 40 heavy (non-hydrogen) atoms. The van der Waals surface area contributed by atoms with Gasteiger partial charge in [0.25, 0.3) is 8.32 Å². The predicted molar refractivity (Wildman–Crippen MR) is 175 cm³/mol. The molecule has 2 rings (SSSR count). The average Bonchev–Trinajstić information content (AvgIpc) is 3.28. The zero-order valence-electron chi connectivity index (χ0n) is 27.8. The van der Waals surface area contributed by atoms with E-state index in [0.29, 0.717) is 17.8 Å². The third-order valence-corrected chi connectivity index (χ3v) is 19.8. The summed E-state index contributed by atoms with van der Waals surface area (Å²) in [7, 11) is -3.94. The van der Waals surface area contributed by atoms with Crippen molar-refractivity contribution in [1.82, 2.24) is 0 Å². The molecule has 3 atom stereocenters. The number of rotatable bonds is 15. The molecule has 0 radical (unpaired) electrons. The molecule has 1 saturated carbocycles. The van der Waals surface area contributed by atoms with Gasteiger partial charge in [-0.2, -0.15) is 0 Å². The van der Waals surface area contributed by atoms with Crippen LogP contribution in [-0.4, -0.2) is 33.8 Å².